The third-order valence-electron chi connectivity index (χ3n) is 5.66. The van der Waals surface area contributed by atoms with Crippen molar-refractivity contribution in [2.45, 2.75) is 78.4 Å². The van der Waals surface area contributed by atoms with E-state index in [2.05, 4.69) is 52.3 Å². The number of benzene rings is 1. The summed E-state index contributed by atoms with van der Waals surface area (Å²) in [6.07, 6.45) is 0. The van der Waals surface area contributed by atoms with Gasteiger partial charge in [0.15, 0.2) is 8.32 Å². The van der Waals surface area contributed by atoms with E-state index in [9.17, 15) is 0 Å². The number of hydrogen-bond acceptors (Lipinski definition) is 4. The summed E-state index contributed by atoms with van der Waals surface area (Å²) in [5.74, 6) is 0.710. The minimum atomic E-state index is -1.98. The van der Waals surface area contributed by atoms with Crippen LogP contribution >= 0.6 is 0 Å². The average molecular weight is 431 g/mol. The third kappa shape index (κ3) is 5.59. The molecule has 0 unspecified atom stereocenters. The summed E-state index contributed by atoms with van der Waals surface area (Å²) in [5, 5.41) is 8.22. The van der Waals surface area contributed by atoms with Crippen molar-refractivity contribution in [2.75, 3.05) is 6.61 Å². The van der Waals surface area contributed by atoms with Crippen LogP contribution in [0.1, 0.15) is 53.1 Å². The lowest BCUT2D eigenvalue weighted by Crippen LogP contribution is -2.49. The van der Waals surface area contributed by atoms with Gasteiger partial charge in [-0.05, 0) is 38.9 Å². The van der Waals surface area contributed by atoms with E-state index in [1.807, 2.05) is 37.3 Å². The van der Waals surface area contributed by atoms with Crippen molar-refractivity contribution in [2.24, 2.45) is 5.73 Å². The number of rotatable bonds is 9. The fraction of sp³-hybridized carbons (Fsp3) is 0.565. The zero-order valence-electron chi connectivity index (χ0n) is 19.8. The van der Waals surface area contributed by atoms with Crippen LogP contribution < -0.4 is 5.73 Å². The molecule has 0 amide bonds. The molecule has 1 heterocycles. The van der Waals surface area contributed by atoms with Gasteiger partial charge in [-0.2, -0.15) is 0 Å². The highest BCUT2D eigenvalue weighted by Crippen LogP contribution is 2.40. The number of imidazole rings is 1. The highest BCUT2D eigenvalue weighted by Gasteiger charge is 2.42. The van der Waals surface area contributed by atoms with Gasteiger partial charge in [0.2, 0.25) is 0 Å². The van der Waals surface area contributed by atoms with Crippen LogP contribution in [0, 0.1) is 5.41 Å². The van der Waals surface area contributed by atoms with Crippen LogP contribution in [0.3, 0.4) is 0 Å². The van der Waals surface area contributed by atoms with E-state index in [0.717, 1.165) is 17.1 Å². The summed E-state index contributed by atoms with van der Waals surface area (Å²) >= 11 is 0. The fourth-order valence-electron chi connectivity index (χ4n) is 3.31. The van der Waals surface area contributed by atoms with Gasteiger partial charge in [0, 0.05) is 12.2 Å². The molecule has 166 valence electrons. The molecule has 0 saturated heterocycles. The Hall–Kier alpha value is -1.96. The standard InChI is InChI=1S/C23H38N4O2Si/c1-9-28-15-18-26-19(21(24)25)20(17-13-11-10-12-14-17)27(18)16-23(5,6)29-30(7,8)22(2,3)4/h10-14H,9,15-16H2,1-8H3,(H3,24,25). The maximum absolute atomic E-state index is 8.11. The molecule has 0 fully saturated rings. The predicted molar refractivity (Wildman–Crippen MR) is 126 cm³/mol. The van der Waals surface area contributed by atoms with Crippen molar-refractivity contribution in [3.8, 4) is 11.3 Å². The SMILES string of the molecule is CCOCc1nc(C(=N)N)c(-c2ccccc2)n1CC(C)(C)O[Si](C)(C)C(C)(C)C. The molecule has 6 nitrogen and oxygen atoms in total. The number of nitrogens with zero attached hydrogens (tertiary/aromatic N) is 2. The molecule has 0 saturated carbocycles. The minimum Gasteiger partial charge on any atom is -0.410 e. The molecule has 0 radical (unpaired) electrons. The highest BCUT2D eigenvalue weighted by molar-refractivity contribution is 6.74. The summed E-state index contributed by atoms with van der Waals surface area (Å²) in [4.78, 5) is 4.70. The number of hydrogen-bond donors (Lipinski definition) is 2. The second-order valence-corrected chi connectivity index (χ2v) is 14.6. The number of aromatic nitrogens is 2. The molecule has 0 bridgehead atoms. The Kier molecular flexibility index (Phi) is 7.32. The molecular weight excluding hydrogens is 392 g/mol. The van der Waals surface area contributed by atoms with Crippen molar-refractivity contribution in [1.82, 2.24) is 9.55 Å². The molecule has 30 heavy (non-hydrogen) atoms. The van der Waals surface area contributed by atoms with Gasteiger partial charge in [-0.25, -0.2) is 4.98 Å². The van der Waals surface area contributed by atoms with Crippen LogP contribution in [0.4, 0.5) is 0 Å². The quantitative estimate of drug-likeness (QED) is 0.326. The first-order valence-corrected chi connectivity index (χ1v) is 13.5. The lowest BCUT2D eigenvalue weighted by Gasteiger charge is -2.43. The van der Waals surface area contributed by atoms with E-state index >= 15 is 0 Å². The first-order valence-electron chi connectivity index (χ1n) is 10.6. The van der Waals surface area contributed by atoms with E-state index in [4.69, 9.17) is 25.3 Å². The summed E-state index contributed by atoms with van der Waals surface area (Å²) in [7, 11) is -1.98. The van der Waals surface area contributed by atoms with Gasteiger partial charge in [-0.3, -0.25) is 5.41 Å². The number of ether oxygens (including phenoxy) is 1. The van der Waals surface area contributed by atoms with Crippen LogP contribution in [0.5, 0.6) is 0 Å². The molecule has 2 rings (SSSR count). The van der Waals surface area contributed by atoms with E-state index in [1.165, 1.54) is 0 Å². The van der Waals surface area contributed by atoms with Gasteiger partial charge in [0.1, 0.15) is 24.0 Å². The topological polar surface area (TPSA) is 86.1 Å². The van der Waals surface area contributed by atoms with Crippen LogP contribution in [0.2, 0.25) is 18.1 Å². The molecule has 2 aromatic rings. The second kappa shape index (κ2) is 9.04. The minimum absolute atomic E-state index is 0.0477. The molecule has 0 aliphatic heterocycles. The number of nitrogens with two attached hydrogens (primary N) is 1. The van der Waals surface area contributed by atoms with Crippen LogP contribution in [-0.4, -0.2) is 35.9 Å². The fourth-order valence-corrected chi connectivity index (χ4v) is 5.06. The van der Waals surface area contributed by atoms with Crippen molar-refractivity contribution in [3.05, 3.63) is 41.9 Å². The maximum Gasteiger partial charge on any atom is 0.192 e. The van der Waals surface area contributed by atoms with Gasteiger partial charge < -0.3 is 19.5 Å². The Bertz CT molecular complexity index is 867. The van der Waals surface area contributed by atoms with E-state index in [-0.39, 0.29) is 10.9 Å². The van der Waals surface area contributed by atoms with Gasteiger partial charge in [-0.1, -0.05) is 51.1 Å². The van der Waals surface area contributed by atoms with Crippen LogP contribution in [0.15, 0.2) is 30.3 Å². The normalized spacial score (nSPS) is 12.9. The summed E-state index contributed by atoms with van der Waals surface area (Å²) in [5.41, 5.74) is 7.80. The molecular formula is C23H38N4O2Si. The third-order valence-corrected chi connectivity index (χ3v) is 10.3. The Balaban J connectivity index is 2.57. The predicted octanol–water partition coefficient (Wildman–Crippen LogP) is 5.17. The Morgan fingerprint density at radius 1 is 1.13 bits per heavy atom. The summed E-state index contributed by atoms with van der Waals surface area (Å²) in [6, 6.07) is 9.98. The summed E-state index contributed by atoms with van der Waals surface area (Å²) in [6.45, 7) is 19.0. The van der Waals surface area contributed by atoms with E-state index < -0.39 is 13.9 Å². The van der Waals surface area contributed by atoms with E-state index in [0.29, 0.717) is 25.5 Å². The van der Waals surface area contributed by atoms with Crippen LogP contribution in [-0.2, 0) is 22.3 Å². The Morgan fingerprint density at radius 3 is 2.23 bits per heavy atom. The van der Waals surface area contributed by atoms with Crippen molar-refractivity contribution >= 4 is 14.2 Å². The monoisotopic (exact) mass is 430 g/mol. The molecule has 0 aliphatic carbocycles. The number of amidine groups is 1. The van der Waals surface area contributed by atoms with E-state index in [1.54, 1.807) is 0 Å². The van der Waals surface area contributed by atoms with Crippen molar-refractivity contribution in [3.63, 3.8) is 0 Å². The van der Waals surface area contributed by atoms with Gasteiger partial charge in [0.05, 0.1) is 17.8 Å². The second-order valence-electron chi connectivity index (χ2n) is 9.85. The molecule has 0 aliphatic rings. The molecule has 7 heteroatoms. The first kappa shape index (κ1) is 24.3. The molecule has 0 spiro atoms. The molecule has 0 atom stereocenters. The molecule has 3 N–H and O–H groups in total. The maximum atomic E-state index is 8.11. The van der Waals surface area contributed by atoms with Gasteiger partial charge >= 0.3 is 0 Å². The Labute approximate surface area is 182 Å². The zero-order chi connectivity index (χ0) is 22.7. The molecule has 1 aromatic heterocycles. The summed E-state index contributed by atoms with van der Waals surface area (Å²) < 4.78 is 14.6. The largest absolute Gasteiger partial charge is 0.410 e. The zero-order valence-corrected chi connectivity index (χ0v) is 20.8. The average Bonchev–Trinajstić information content (AvgIpc) is 2.96. The lowest BCUT2D eigenvalue weighted by atomic mass is 10.1. The Morgan fingerprint density at radius 2 is 1.73 bits per heavy atom. The number of nitrogen functional groups attached to an aromatic ring is 1. The smallest absolute Gasteiger partial charge is 0.192 e. The van der Waals surface area contributed by atoms with Crippen molar-refractivity contribution in [1.29, 1.82) is 5.41 Å². The van der Waals surface area contributed by atoms with Gasteiger partial charge in [0.25, 0.3) is 0 Å². The molecule has 1 aromatic carbocycles. The highest BCUT2D eigenvalue weighted by atomic mass is 28.4. The number of nitrogens with one attached hydrogen (secondary N) is 1. The van der Waals surface area contributed by atoms with Crippen molar-refractivity contribution < 1.29 is 9.16 Å². The lowest BCUT2D eigenvalue weighted by molar-refractivity contribution is 0.0681. The first-order chi connectivity index (χ1) is 13.8. The van der Waals surface area contributed by atoms with Gasteiger partial charge in [-0.15, -0.1) is 0 Å². The van der Waals surface area contributed by atoms with Crippen LogP contribution in [0.25, 0.3) is 11.3 Å².